The Balaban J connectivity index is 3.11. The largest absolute Gasteiger partial charge is 0.460 e. The van der Waals surface area contributed by atoms with Gasteiger partial charge in [-0.2, -0.15) is 4.79 Å². The lowest BCUT2D eigenvalue weighted by atomic mass is 9.98. The highest BCUT2D eigenvalue weighted by Crippen LogP contribution is 2.13. The maximum Gasteiger partial charge on any atom is 0.422 e. The quantitative estimate of drug-likeness (QED) is 0.338. The molecule has 1 rings (SSSR count). The second-order valence-electron chi connectivity index (χ2n) is 3.70. The van der Waals surface area contributed by atoms with Gasteiger partial charge in [-0.15, -0.1) is 0 Å². The summed E-state index contributed by atoms with van der Waals surface area (Å²) >= 11 is 0. The molecule has 0 N–H and O–H groups in total. The van der Waals surface area contributed by atoms with Crippen LogP contribution in [0.25, 0.3) is 5.53 Å². The molecule has 1 aromatic carbocycles. The van der Waals surface area contributed by atoms with Gasteiger partial charge in [0.05, 0.1) is 12.7 Å². The van der Waals surface area contributed by atoms with Crippen LogP contribution in [0.1, 0.15) is 30.9 Å². The van der Waals surface area contributed by atoms with Crippen molar-refractivity contribution in [2.24, 2.45) is 0 Å². The van der Waals surface area contributed by atoms with Crippen molar-refractivity contribution < 1.29 is 14.3 Å². The monoisotopic (exact) mass is 232 g/mol. The molecule has 4 nitrogen and oxygen atoms in total. The first-order valence-corrected chi connectivity index (χ1v) is 5.63. The SMILES string of the molecule is CCCCc1ccccc1C(=[N+]=[N-])C(=O)OC. The van der Waals surface area contributed by atoms with E-state index in [1.807, 2.05) is 12.1 Å². The van der Waals surface area contributed by atoms with Crippen LogP contribution in [0, 0.1) is 0 Å². The van der Waals surface area contributed by atoms with Crippen molar-refractivity contribution in [2.45, 2.75) is 26.2 Å². The van der Waals surface area contributed by atoms with Crippen LogP contribution in [-0.4, -0.2) is 23.6 Å². The molecule has 0 bridgehead atoms. The minimum Gasteiger partial charge on any atom is -0.460 e. The summed E-state index contributed by atoms with van der Waals surface area (Å²) in [6.07, 6.45) is 2.94. The summed E-state index contributed by atoms with van der Waals surface area (Å²) in [5, 5.41) is 0. The normalized spacial score (nSPS) is 9.53. The average Bonchev–Trinajstić information content (AvgIpc) is 2.38. The van der Waals surface area contributed by atoms with Gasteiger partial charge in [-0.05, 0) is 24.5 Å². The van der Waals surface area contributed by atoms with Gasteiger partial charge in [0.15, 0.2) is 0 Å². The summed E-state index contributed by atoms with van der Waals surface area (Å²) in [5.41, 5.74) is 10.5. The molecule has 0 heterocycles. The van der Waals surface area contributed by atoms with E-state index in [-0.39, 0.29) is 5.71 Å². The number of aryl methyl sites for hydroxylation is 1. The minimum absolute atomic E-state index is 0.0424. The number of ether oxygens (including phenoxy) is 1. The highest BCUT2D eigenvalue weighted by Gasteiger charge is 2.25. The van der Waals surface area contributed by atoms with Crippen LogP contribution < -0.4 is 0 Å². The molecular formula is C13H16N2O2. The molecule has 90 valence electrons. The van der Waals surface area contributed by atoms with Crippen molar-refractivity contribution in [3.8, 4) is 0 Å². The van der Waals surface area contributed by atoms with E-state index >= 15 is 0 Å². The van der Waals surface area contributed by atoms with Gasteiger partial charge in [-0.1, -0.05) is 31.5 Å². The van der Waals surface area contributed by atoms with Crippen molar-refractivity contribution in [1.82, 2.24) is 0 Å². The molecular weight excluding hydrogens is 216 g/mol. The van der Waals surface area contributed by atoms with Gasteiger partial charge in [-0.25, -0.2) is 4.79 Å². The molecule has 0 saturated carbocycles. The molecule has 0 aliphatic heterocycles. The molecule has 17 heavy (non-hydrogen) atoms. The van der Waals surface area contributed by atoms with Gasteiger partial charge in [0.1, 0.15) is 0 Å². The summed E-state index contributed by atoms with van der Waals surface area (Å²) in [5.74, 6) is -0.628. The molecule has 0 aliphatic rings. The summed E-state index contributed by atoms with van der Waals surface area (Å²) in [4.78, 5) is 14.5. The van der Waals surface area contributed by atoms with Crippen LogP contribution in [0.4, 0.5) is 0 Å². The van der Waals surface area contributed by atoms with Crippen molar-refractivity contribution in [3.05, 3.63) is 40.9 Å². The third-order valence-corrected chi connectivity index (χ3v) is 2.55. The molecule has 0 saturated heterocycles. The number of esters is 1. The molecule has 0 radical (unpaired) electrons. The first-order valence-electron chi connectivity index (χ1n) is 5.63. The Morgan fingerprint density at radius 2 is 2.12 bits per heavy atom. The second-order valence-corrected chi connectivity index (χ2v) is 3.70. The number of benzene rings is 1. The lowest BCUT2D eigenvalue weighted by molar-refractivity contribution is -0.137. The second kappa shape index (κ2) is 6.61. The fourth-order valence-electron chi connectivity index (χ4n) is 1.64. The maximum atomic E-state index is 11.5. The lowest BCUT2D eigenvalue weighted by Gasteiger charge is -2.04. The maximum absolute atomic E-state index is 11.5. The number of carbonyl (C=O) groups excluding carboxylic acids is 1. The van der Waals surface area contributed by atoms with E-state index in [4.69, 9.17) is 5.53 Å². The number of unbranched alkanes of at least 4 members (excludes halogenated alkanes) is 1. The molecule has 0 aliphatic carbocycles. The van der Waals surface area contributed by atoms with Crippen LogP contribution in [0.15, 0.2) is 24.3 Å². The predicted octanol–water partition coefficient (Wildman–Crippen LogP) is 2.22. The molecule has 0 amide bonds. The third kappa shape index (κ3) is 3.26. The van der Waals surface area contributed by atoms with Gasteiger partial charge in [0, 0.05) is 0 Å². The van der Waals surface area contributed by atoms with E-state index in [1.165, 1.54) is 7.11 Å². The van der Waals surface area contributed by atoms with Crippen LogP contribution in [-0.2, 0) is 16.0 Å². The highest BCUT2D eigenvalue weighted by molar-refractivity contribution is 6.41. The van der Waals surface area contributed by atoms with Crippen LogP contribution in [0.3, 0.4) is 0 Å². The number of hydrogen-bond acceptors (Lipinski definition) is 2. The lowest BCUT2D eigenvalue weighted by Crippen LogP contribution is -2.19. The molecule has 4 heteroatoms. The first-order chi connectivity index (χ1) is 8.24. The van der Waals surface area contributed by atoms with E-state index in [0.29, 0.717) is 5.56 Å². The van der Waals surface area contributed by atoms with E-state index in [2.05, 4.69) is 16.5 Å². The Morgan fingerprint density at radius 3 is 2.71 bits per heavy atom. The topological polar surface area (TPSA) is 62.7 Å². The fraction of sp³-hybridized carbons (Fsp3) is 0.385. The van der Waals surface area contributed by atoms with E-state index in [0.717, 1.165) is 24.8 Å². The zero-order chi connectivity index (χ0) is 12.7. The number of rotatable bonds is 5. The molecule has 0 atom stereocenters. The Kier molecular flexibility index (Phi) is 5.11. The number of hydrogen-bond donors (Lipinski definition) is 0. The summed E-state index contributed by atoms with van der Waals surface area (Å²) in [6, 6.07) is 7.40. The summed E-state index contributed by atoms with van der Waals surface area (Å²) in [6.45, 7) is 2.10. The Hall–Kier alpha value is -1.93. The Morgan fingerprint density at radius 1 is 1.41 bits per heavy atom. The van der Waals surface area contributed by atoms with Crippen LogP contribution in [0.5, 0.6) is 0 Å². The smallest absolute Gasteiger partial charge is 0.422 e. The van der Waals surface area contributed by atoms with Gasteiger partial charge in [-0.3, -0.25) is 0 Å². The van der Waals surface area contributed by atoms with E-state index in [9.17, 15) is 4.79 Å². The van der Waals surface area contributed by atoms with Gasteiger partial charge in [0.2, 0.25) is 0 Å². The predicted molar refractivity (Wildman–Crippen MR) is 64.8 cm³/mol. The number of methoxy groups -OCH3 is 1. The minimum atomic E-state index is -0.628. The summed E-state index contributed by atoms with van der Waals surface area (Å²) in [7, 11) is 1.27. The van der Waals surface area contributed by atoms with Crippen molar-refractivity contribution in [3.63, 3.8) is 0 Å². The van der Waals surface area contributed by atoms with Crippen molar-refractivity contribution in [1.29, 1.82) is 0 Å². The Labute approximate surface area is 101 Å². The molecule has 1 aromatic rings. The third-order valence-electron chi connectivity index (χ3n) is 2.55. The van der Waals surface area contributed by atoms with Crippen LogP contribution in [0.2, 0.25) is 0 Å². The Bertz CT molecular complexity index is 448. The molecule has 0 fully saturated rings. The zero-order valence-corrected chi connectivity index (χ0v) is 10.1. The van der Waals surface area contributed by atoms with Gasteiger partial charge >= 0.3 is 11.7 Å². The van der Waals surface area contributed by atoms with Crippen molar-refractivity contribution in [2.75, 3.05) is 7.11 Å². The zero-order valence-electron chi connectivity index (χ0n) is 10.1. The summed E-state index contributed by atoms with van der Waals surface area (Å²) < 4.78 is 4.59. The van der Waals surface area contributed by atoms with Gasteiger partial charge < -0.3 is 10.3 Å². The van der Waals surface area contributed by atoms with Crippen molar-refractivity contribution >= 4 is 11.7 Å². The number of nitrogens with zero attached hydrogens (tertiary/aromatic N) is 2. The fourth-order valence-corrected chi connectivity index (χ4v) is 1.64. The standard InChI is InChI=1S/C13H16N2O2/c1-3-4-7-10-8-5-6-9-11(10)12(15-14)13(16)17-2/h5-6,8-9H,3-4,7H2,1-2H3. The van der Waals surface area contributed by atoms with Crippen LogP contribution >= 0.6 is 0 Å². The number of carbonyl (C=O) groups is 1. The van der Waals surface area contributed by atoms with Gasteiger partial charge in [0.25, 0.3) is 0 Å². The van der Waals surface area contributed by atoms with E-state index in [1.54, 1.807) is 12.1 Å². The average molecular weight is 232 g/mol. The van der Waals surface area contributed by atoms with E-state index < -0.39 is 5.97 Å². The molecule has 0 aromatic heterocycles. The highest BCUT2D eigenvalue weighted by atomic mass is 16.5. The molecule has 0 spiro atoms. The molecule has 0 unspecified atom stereocenters. The first kappa shape index (κ1) is 13.1.